The smallest absolute Gasteiger partial charge is 0.261 e. The van der Waals surface area contributed by atoms with E-state index < -0.39 is 15.8 Å². The highest BCUT2D eigenvalue weighted by atomic mass is 32.2. The van der Waals surface area contributed by atoms with E-state index in [-0.39, 0.29) is 10.6 Å². The third kappa shape index (κ3) is 3.17. The first-order valence-corrected chi connectivity index (χ1v) is 8.49. The number of benzene rings is 2. The molecule has 3 rings (SSSR count). The van der Waals surface area contributed by atoms with E-state index in [4.69, 9.17) is 0 Å². The predicted molar refractivity (Wildman–Crippen MR) is 88.4 cm³/mol. The number of halogens is 1. The average Bonchev–Trinajstić information content (AvgIpc) is 2.45. The second kappa shape index (κ2) is 5.62. The number of pyridine rings is 1. The Balaban J connectivity index is 2.11. The van der Waals surface area contributed by atoms with E-state index in [0.717, 1.165) is 17.2 Å². The number of sulfonamides is 1. The summed E-state index contributed by atoms with van der Waals surface area (Å²) in [5, 5.41) is 0.533. The largest absolute Gasteiger partial charge is 0.277 e. The first-order chi connectivity index (χ1) is 10.8. The SMILES string of the molecule is Cc1cc(C)cc(S(=O)(=O)Nc2cc(F)cc3cccnc23)c1. The zero-order valence-electron chi connectivity index (χ0n) is 12.7. The molecule has 2 aromatic carbocycles. The summed E-state index contributed by atoms with van der Waals surface area (Å²) < 4.78 is 41.4. The molecule has 23 heavy (non-hydrogen) atoms. The molecule has 0 bridgehead atoms. The lowest BCUT2D eigenvalue weighted by Gasteiger charge is -2.11. The van der Waals surface area contributed by atoms with Crippen molar-refractivity contribution in [1.82, 2.24) is 4.98 Å². The zero-order chi connectivity index (χ0) is 16.6. The van der Waals surface area contributed by atoms with Crippen molar-refractivity contribution in [2.24, 2.45) is 0 Å². The van der Waals surface area contributed by atoms with Crippen molar-refractivity contribution in [2.75, 3.05) is 4.72 Å². The Kier molecular flexibility index (Phi) is 3.77. The highest BCUT2D eigenvalue weighted by molar-refractivity contribution is 7.92. The number of rotatable bonds is 3. The minimum atomic E-state index is -3.82. The number of anilines is 1. The summed E-state index contributed by atoms with van der Waals surface area (Å²) in [4.78, 5) is 4.28. The number of fused-ring (bicyclic) bond motifs is 1. The van der Waals surface area contributed by atoms with E-state index in [1.807, 2.05) is 19.9 Å². The lowest BCUT2D eigenvalue weighted by molar-refractivity contribution is 0.601. The van der Waals surface area contributed by atoms with Crippen molar-refractivity contribution >= 4 is 26.6 Å². The predicted octanol–water partition coefficient (Wildman–Crippen LogP) is 3.79. The fraction of sp³-hybridized carbons (Fsp3) is 0.118. The fourth-order valence-electron chi connectivity index (χ4n) is 2.53. The van der Waals surface area contributed by atoms with Crippen LogP contribution in [0.2, 0.25) is 0 Å². The maximum atomic E-state index is 13.7. The molecule has 0 radical (unpaired) electrons. The maximum Gasteiger partial charge on any atom is 0.261 e. The molecule has 1 aromatic heterocycles. The van der Waals surface area contributed by atoms with Gasteiger partial charge >= 0.3 is 0 Å². The van der Waals surface area contributed by atoms with E-state index in [1.165, 1.54) is 12.3 Å². The number of nitrogens with zero attached hydrogens (tertiary/aromatic N) is 1. The van der Waals surface area contributed by atoms with Gasteiger partial charge in [-0.05, 0) is 49.2 Å². The number of hydrogen-bond donors (Lipinski definition) is 1. The molecule has 0 unspecified atom stereocenters. The van der Waals surface area contributed by atoms with Gasteiger partial charge in [0.05, 0.1) is 16.1 Å². The Hall–Kier alpha value is -2.47. The molecule has 4 nitrogen and oxygen atoms in total. The molecule has 118 valence electrons. The summed E-state index contributed by atoms with van der Waals surface area (Å²) in [6.45, 7) is 3.65. The zero-order valence-corrected chi connectivity index (χ0v) is 13.5. The number of hydrogen-bond acceptors (Lipinski definition) is 3. The topological polar surface area (TPSA) is 59.1 Å². The fourth-order valence-corrected chi connectivity index (χ4v) is 3.77. The van der Waals surface area contributed by atoms with Crippen LogP contribution in [0, 0.1) is 19.7 Å². The number of aromatic nitrogens is 1. The summed E-state index contributed by atoms with van der Waals surface area (Å²) in [7, 11) is -3.82. The molecule has 0 aliphatic rings. The Morgan fingerprint density at radius 1 is 1.04 bits per heavy atom. The molecule has 0 spiro atoms. The molecule has 0 fully saturated rings. The lowest BCUT2D eigenvalue weighted by Crippen LogP contribution is -2.14. The Morgan fingerprint density at radius 2 is 1.74 bits per heavy atom. The van der Waals surface area contributed by atoms with Crippen LogP contribution < -0.4 is 4.72 Å². The van der Waals surface area contributed by atoms with E-state index in [9.17, 15) is 12.8 Å². The van der Waals surface area contributed by atoms with E-state index in [1.54, 1.807) is 24.3 Å². The maximum absolute atomic E-state index is 13.7. The van der Waals surface area contributed by atoms with Gasteiger partial charge in [-0.2, -0.15) is 0 Å². The van der Waals surface area contributed by atoms with Crippen molar-refractivity contribution in [3.63, 3.8) is 0 Å². The number of aryl methyl sites for hydroxylation is 2. The van der Waals surface area contributed by atoms with Crippen LogP contribution in [0.15, 0.2) is 53.6 Å². The van der Waals surface area contributed by atoms with Gasteiger partial charge < -0.3 is 0 Å². The van der Waals surface area contributed by atoms with Gasteiger partial charge in [-0.25, -0.2) is 12.8 Å². The van der Waals surface area contributed by atoms with Gasteiger partial charge in [0, 0.05) is 17.6 Å². The molecule has 0 saturated carbocycles. The summed E-state index contributed by atoms with van der Waals surface area (Å²) in [5.41, 5.74) is 2.21. The molecular weight excluding hydrogens is 315 g/mol. The Labute approximate surface area is 134 Å². The second-order valence-electron chi connectivity index (χ2n) is 5.46. The third-order valence-corrected chi connectivity index (χ3v) is 4.76. The van der Waals surface area contributed by atoms with Crippen molar-refractivity contribution < 1.29 is 12.8 Å². The van der Waals surface area contributed by atoms with Gasteiger partial charge in [0.25, 0.3) is 10.0 Å². The van der Waals surface area contributed by atoms with E-state index in [2.05, 4.69) is 9.71 Å². The summed E-state index contributed by atoms with van der Waals surface area (Å²) in [6.07, 6.45) is 1.54. The highest BCUT2D eigenvalue weighted by Crippen LogP contribution is 2.26. The molecule has 0 amide bonds. The average molecular weight is 330 g/mol. The summed E-state index contributed by atoms with van der Waals surface area (Å²) in [5.74, 6) is -0.524. The van der Waals surface area contributed by atoms with Crippen LogP contribution in [-0.4, -0.2) is 13.4 Å². The second-order valence-corrected chi connectivity index (χ2v) is 7.14. The molecule has 0 atom stereocenters. The normalized spacial score (nSPS) is 11.6. The summed E-state index contributed by atoms with van der Waals surface area (Å²) >= 11 is 0. The number of nitrogens with one attached hydrogen (secondary N) is 1. The van der Waals surface area contributed by atoms with Crippen LogP contribution in [0.1, 0.15) is 11.1 Å². The molecule has 0 aliphatic heterocycles. The Morgan fingerprint density at radius 3 is 2.43 bits per heavy atom. The summed E-state index contributed by atoms with van der Waals surface area (Å²) in [6, 6.07) is 10.8. The standard InChI is InChI=1S/C17H15FN2O2S/c1-11-6-12(2)8-15(7-11)23(21,22)20-16-10-14(18)9-13-4-3-5-19-17(13)16/h3-10,20H,1-2H3. The van der Waals surface area contributed by atoms with Gasteiger partial charge in [0.2, 0.25) is 0 Å². The molecule has 6 heteroatoms. The van der Waals surface area contributed by atoms with Crippen molar-refractivity contribution in [2.45, 2.75) is 18.7 Å². The first-order valence-electron chi connectivity index (χ1n) is 7.00. The van der Waals surface area contributed by atoms with Crippen LogP contribution in [0.3, 0.4) is 0 Å². The molecule has 0 saturated heterocycles. The monoisotopic (exact) mass is 330 g/mol. The van der Waals surface area contributed by atoms with Crippen LogP contribution in [0.4, 0.5) is 10.1 Å². The van der Waals surface area contributed by atoms with Crippen LogP contribution in [0.25, 0.3) is 10.9 Å². The molecule has 3 aromatic rings. The van der Waals surface area contributed by atoms with E-state index in [0.29, 0.717) is 10.9 Å². The molecular formula is C17H15FN2O2S. The van der Waals surface area contributed by atoms with Crippen LogP contribution in [0.5, 0.6) is 0 Å². The van der Waals surface area contributed by atoms with Crippen molar-refractivity contribution in [3.05, 3.63) is 65.6 Å². The van der Waals surface area contributed by atoms with Crippen LogP contribution in [-0.2, 0) is 10.0 Å². The lowest BCUT2D eigenvalue weighted by atomic mass is 10.2. The molecule has 0 aliphatic carbocycles. The van der Waals surface area contributed by atoms with Crippen LogP contribution >= 0.6 is 0 Å². The Bertz CT molecular complexity index is 980. The first kappa shape index (κ1) is 15.4. The molecule has 1 heterocycles. The van der Waals surface area contributed by atoms with E-state index >= 15 is 0 Å². The minimum absolute atomic E-state index is 0.125. The van der Waals surface area contributed by atoms with Gasteiger partial charge in [-0.15, -0.1) is 0 Å². The highest BCUT2D eigenvalue weighted by Gasteiger charge is 2.17. The van der Waals surface area contributed by atoms with Gasteiger partial charge in [-0.1, -0.05) is 12.1 Å². The van der Waals surface area contributed by atoms with Gasteiger partial charge in [-0.3, -0.25) is 9.71 Å². The minimum Gasteiger partial charge on any atom is -0.277 e. The van der Waals surface area contributed by atoms with Crippen molar-refractivity contribution in [1.29, 1.82) is 0 Å². The quantitative estimate of drug-likeness (QED) is 0.795. The third-order valence-electron chi connectivity index (χ3n) is 3.42. The van der Waals surface area contributed by atoms with Gasteiger partial charge in [0.15, 0.2) is 0 Å². The molecule has 1 N–H and O–H groups in total. The van der Waals surface area contributed by atoms with Gasteiger partial charge in [0.1, 0.15) is 5.82 Å². The van der Waals surface area contributed by atoms with Crippen molar-refractivity contribution in [3.8, 4) is 0 Å².